The molecule has 1 aromatic rings. The Kier molecular flexibility index (Phi) is 3.71. The zero-order chi connectivity index (χ0) is 14.9. The number of nitrogens with zero attached hydrogens (tertiary/aromatic N) is 2. The molecule has 1 fully saturated rings. The number of carboxylic acid groups (broad SMARTS) is 1. The van der Waals surface area contributed by atoms with Crippen LogP contribution in [0.3, 0.4) is 0 Å². The van der Waals surface area contributed by atoms with Crippen molar-refractivity contribution in [1.82, 2.24) is 4.90 Å². The molecule has 2 amide bonds. The molecular formula is C13H15N3O4. The molecule has 1 saturated heterocycles. The Bertz CT molecular complexity index is 572. The maximum atomic E-state index is 12.0. The number of hydrogen-bond donors (Lipinski definition) is 2. The van der Waals surface area contributed by atoms with Gasteiger partial charge in [0.2, 0.25) is 11.8 Å². The molecule has 1 heterocycles. The lowest BCUT2D eigenvalue weighted by atomic mass is 10.0. The van der Waals surface area contributed by atoms with Gasteiger partial charge in [0, 0.05) is 18.3 Å². The van der Waals surface area contributed by atoms with Crippen molar-refractivity contribution in [2.24, 2.45) is 5.73 Å². The molecule has 1 unspecified atom stereocenters. The number of likely N-dealkylation sites (N-methyl/N-ethyl adjacent to an activating group) is 1. The van der Waals surface area contributed by atoms with Gasteiger partial charge in [-0.1, -0.05) is 18.2 Å². The Labute approximate surface area is 115 Å². The molecule has 1 aromatic carbocycles. The van der Waals surface area contributed by atoms with Crippen molar-refractivity contribution in [3.05, 3.63) is 29.8 Å². The van der Waals surface area contributed by atoms with Crippen LogP contribution in [-0.4, -0.2) is 47.9 Å². The minimum Gasteiger partial charge on any atom is -0.480 e. The number of carboxylic acids is 1. The van der Waals surface area contributed by atoms with Gasteiger partial charge in [0.15, 0.2) is 0 Å². The normalized spacial score (nSPS) is 17.3. The SMILES string of the molecule is CN1CC(=O)N(c2ccccc2C(N)C(=O)O)CC1=O. The van der Waals surface area contributed by atoms with Crippen LogP contribution < -0.4 is 10.6 Å². The molecule has 20 heavy (non-hydrogen) atoms. The summed E-state index contributed by atoms with van der Waals surface area (Å²) in [7, 11) is 1.55. The van der Waals surface area contributed by atoms with Crippen LogP contribution in [0.1, 0.15) is 11.6 Å². The van der Waals surface area contributed by atoms with Gasteiger partial charge in [0.05, 0.1) is 6.54 Å². The molecule has 2 rings (SSSR count). The summed E-state index contributed by atoms with van der Waals surface area (Å²) in [5.74, 6) is -1.66. The molecule has 1 aliphatic heterocycles. The van der Waals surface area contributed by atoms with Crippen LogP contribution in [0.2, 0.25) is 0 Å². The van der Waals surface area contributed by atoms with Crippen LogP contribution in [0.15, 0.2) is 24.3 Å². The van der Waals surface area contributed by atoms with Crippen LogP contribution in [0.5, 0.6) is 0 Å². The van der Waals surface area contributed by atoms with Crippen molar-refractivity contribution in [1.29, 1.82) is 0 Å². The van der Waals surface area contributed by atoms with E-state index in [4.69, 9.17) is 10.8 Å². The number of carbonyl (C=O) groups excluding carboxylic acids is 2. The van der Waals surface area contributed by atoms with Gasteiger partial charge in [0.25, 0.3) is 0 Å². The van der Waals surface area contributed by atoms with E-state index in [1.807, 2.05) is 0 Å². The van der Waals surface area contributed by atoms with Crippen LogP contribution in [0.25, 0.3) is 0 Å². The summed E-state index contributed by atoms with van der Waals surface area (Å²) in [6.45, 7) is -0.145. The molecule has 0 saturated carbocycles. The van der Waals surface area contributed by atoms with Crippen molar-refractivity contribution < 1.29 is 19.5 Å². The lowest BCUT2D eigenvalue weighted by Gasteiger charge is -2.33. The maximum absolute atomic E-state index is 12.0. The van der Waals surface area contributed by atoms with E-state index in [2.05, 4.69) is 0 Å². The third kappa shape index (κ3) is 2.48. The van der Waals surface area contributed by atoms with Gasteiger partial charge in [-0.25, -0.2) is 0 Å². The minimum absolute atomic E-state index is 0.0323. The first-order valence-electron chi connectivity index (χ1n) is 6.03. The highest BCUT2D eigenvalue weighted by Gasteiger charge is 2.31. The predicted molar refractivity (Wildman–Crippen MR) is 71.0 cm³/mol. The first-order valence-corrected chi connectivity index (χ1v) is 6.03. The summed E-state index contributed by atoms with van der Waals surface area (Å²) in [5.41, 5.74) is 6.30. The summed E-state index contributed by atoms with van der Waals surface area (Å²) >= 11 is 0. The first-order chi connectivity index (χ1) is 9.41. The Morgan fingerprint density at radius 3 is 2.55 bits per heavy atom. The molecule has 3 N–H and O–H groups in total. The highest BCUT2D eigenvalue weighted by atomic mass is 16.4. The van der Waals surface area contributed by atoms with Crippen molar-refractivity contribution in [2.45, 2.75) is 6.04 Å². The minimum atomic E-state index is -1.24. The van der Waals surface area contributed by atoms with Crippen molar-refractivity contribution in [3.63, 3.8) is 0 Å². The summed E-state index contributed by atoms with van der Waals surface area (Å²) in [6, 6.07) is 5.21. The maximum Gasteiger partial charge on any atom is 0.325 e. The van der Waals surface area contributed by atoms with Gasteiger partial charge in [0.1, 0.15) is 12.6 Å². The fraction of sp³-hybridized carbons (Fsp3) is 0.308. The van der Waals surface area contributed by atoms with E-state index in [-0.39, 0.29) is 24.9 Å². The third-order valence-electron chi connectivity index (χ3n) is 3.22. The number of aliphatic carboxylic acids is 1. The predicted octanol–water partition coefficient (Wildman–Crippen LogP) is -0.424. The molecule has 106 valence electrons. The van der Waals surface area contributed by atoms with Gasteiger partial charge < -0.3 is 20.6 Å². The number of benzene rings is 1. The fourth-order valence-corrected chi connectivity index (χ4v) is 2.07. The highest BCUT2D eigenvalue weighted by Crippen LogP contribution is 2.26. The van der Waals surface area contributed by atoms with E-state index in [1.165, 1.54) is 9.80 Å². The van der Waals surface area contributed by atoms with Gasteiger partial charge >= 0.3 is 5.97 Å². The lowest BCUT2D eigenvalue weighted by Crippen LogP contribution is -2.52. The molecule has 1 atom stereocenters. The van der Waals surface area contributed by atoms with Gasteiger partial charge in [-0.3, -0.25) is 14.4 Å². The lowest BCUT2D eigenvalue weighted by molar-refractivity contribution is -0.138. The Morgan fingerprint density at radius 2 is 1.90 bits per heavy atom. The topological polar surface area (TPSA) is 104 Å². The molecule has 0 aromatic heterocycles. The first kappa shape index (κ1) is 14.0. The summed E-state index contributed by atoms with van der Waals surface area (Å²) < 4.78 is 0. The molecule has 7 nitrogen and oxygen atoms in total. The molecule has 0 radical (unpaired) electrons. The molecule has 1 aliphatic rings. The number of piperazine rings is 1. The van der Waals surface area contributed by atoms with Crippen molar-refractivity contribution in [2.75, 3.05) is 25.0 Å². The van der Waals surface area contributed by atoms with E-state index in [0.717, 1.165) is 0 Å². The number of rotatable bonds is 3. The summed E-state index contributed by atoms with van der Waals surface area (Å²) in [6.07, 6.45) is 0. The Hall–Kier alpha value is -2.41. The second-order valence-electron chi connectivity index (χ2n) is 4.60. The quantitative estimate of drug-likeness (QED) is 0.780. The molecule has 7 heteroatoms. The van der Waals surface area contributed by atoms with Gasteiger partial charge in [-0.15, -0.1) is 0 Å². The largest absolute Gasteiger partial charge is 0.480 e. The second-order valence-corrected chi connectivity index (χ2v) is 4.60. The zero-order valence-corrected chi connectivity index (χ0v) is 10.9. The van der Waals surface area contributed by atoms with Crippen LogP contribution in [-0.2, 0) is 14.4 Å². The summed E-state index contributed by atoms with van der Waals surface area (Å²) in [4.78, 5) is 37.4. The number of carbonyl (C=O) groups is 3. The summed E-state index contributed by atoms with van der Waals surface area (Å²) in [5, 5.41) is 9.01. The number of amides is 2. The molecular weight excluding hydrogens is 262 g/mol. The number of nitrogens with two attached hydrogens (primary N) is 1. The van der Waals surface area contributed by atoms with Gasteiger partial charge in [-0.2, -0.15) is 0 Å². The average Bonchev–Trinajstić information content (AvgIpc) is 2.42. The average molecular weight is 277 g/mol. The standard InChI is InChI=1S/C13H15N3O4/c1-15-6-11(18)16(7-10(15)17)9-5-3-2-4-8(9)12(14)13(19)20/h2-5,12H,6-7,14H2,1H3,(H,19,20). The van der Waals surface area contributed by atoms with E-state index in [1.54, 1.807) is 31.3 Å². The van der Waals surface area contributed by atoms with Crippen LogP contribution >= 0.6 is 0 Å². The highest BCUT2D eigenvalue weighted by molar-refractivity contribution is 6.05. The number of anilines is 1. The van der Waals surface area contributed by atoms with Gasteiger partial charge in [-0.05, 0) is 6.07 Å². The monoisotopic (exact) mass is 277 g/mol. The van der Waals surface area contributed by atoms with E-state index in [9.17, 15) is 14.4 Å². The van der Waals surface area contributed by atoms with E-state index >= 15 is 0 Å². The Morgan fingerprint density at radius 1 is 1.25 bits per heavy atom. The number of para-hydroxylation sites is 1. The third-order valence-corrected chi connectivity index (χ3v) is 3.22. The molecule has 0 bridgehead atoms. The van der Waals surface area contributed by atoms with Crippen molar-refractivity contribution >= 4 is 23.5 Å². The second kappa shape index (κ2) is 5.30. The van der Waals surface area contributed by atoms with E-state index < -0.39 is 12.0 Å². The molecule has 0 spiro atoms. The number of hydrogen-bond acceptors (Lipinski definition) is 4. The fourth-order valence-electron chi connectivity index (χ4n) is 2.07. The Balaban J connectivity index is 2.40. The molecule has 0 aliphatic carbocycles. The van der Waals surface area contributed by atoms with E-state index in [0.29, 0.717) is 11.3 Å². The van der Waals surface area contributed by atoms with Crippen LogP contribution in [0.4, 0.5) is 5.69 Å². The zero-order valence-electron chi connectivity index (χ0n) is 10.9. The van der Waals surface area contributed by atoms with Crippen molar-refractivity contribution in [3.8, 4) is 0 Å². The van der Waals surface area contributed by atoms with Crippen LogP contribution in [0, 0.1) is 0 Å². The smallest absolute Gasteiger partial charge is 0.325 e.